The SMILES string of the molecule is Cn1nc(-c2cnc3[nH]cc(C(=O)N[C@]4(C)CC[C@H](N)CC4)c3n2)c2ccc(F)cc21. The number of nitrogens with one attached hydrogen (secondary N) is 2. The van der Waals surface area contributed by atoms with E-state index in [1.807, 2.05) is 0 Å². The quantitative estimate of drug-likeness (QED) is 0.470. The molecule has 0 aliphatic heterocycles. The van der Waals surface area contributed by atoms with Gasteiger partial charge in [-0.05, 0) is 50.8 Å². The Kier molecular flexibility index (Phi) is 4.51. The van der Waals surface area contributed by atoms with E-state index in [9.17, 15) is 9.18 Å². The molecule has 31 heavy (non-hydrogen) atoms. The van der Waals surface area contributed by atoms with Crippen molar-refractivity contribution < 1.29 is 9.18 Å². The molecule has 1 aliphatic carbocycles. The van der Waals surface area contributed by atoms with Crippen LogP contribution < -0.4 is 11.1 Å². The number of rotatable bonds is 3. The minimum Gasteiger partial charge on any atom is -0.347 e. The standard InChI is InChI=1S/C22H24FN7O/c1-22(7-5-13(24)6-8-22)28-21(31)15-10-25-20-19(15)27-16(11-26-20)18-14-4-3-12(23)9-17(14)30(2)29-18/h3-4,9-11,13H,5-8,24H2,1-2H3,(H,25,26)(H,28,31)/t13-,22+. The molecule has 1 fully saturated rings. The van der Waals surface area contributed by atoms with Crippen LogP contribution in [0.5, 0.6) is 0 Å². The molecule has 8 nitrogen and oxygen atoms in total. The molecular weight excluding hydrogens is 397 g/mol. The average Bonchev–Trinajstić information content (AvgIpc) is 3.31. The molecule has 160 valence electrons. The van der Waals surface area contributed by atoms with Gasteiger partial charge in [0.15, 0.2) is 5.65 Å². The molecule has 1 amide bonds. The van der Waals surface area contributed by atoms with Crippen molar-refractivity contribution in [2.75, 3.05) is 0 Å². The highest BCUT2D eigenvalue weighted by atomic mass is 19.1. The lowest BCUT2D eigenvalue weighted by Gasteiger charge is -2.36. The summed E-state index contributed by atoms with van der Waals surface area (Å²) in [4.78, 5) is 25.2. The average molecular weight is 421 g/mol. The van der Waals surface area contributed by atoms with Gasteiger partial charge < -0.3 is 16.0 Å². The molecule has 0 saturated heterocycles. The third-order valence-electron chi connectivity index (χ3n) is 6.23. The van der Waals surface area contributed by atoms with Gasteiger partial charge in [0.05, 0.1) is 17.3 Å². The second-order valence-corrected chi connectivity index (χ2v) is 8.64. The molecule has 1 aromatic carbocycles. The Bertz CT molecular complexity index is 1300. The Morgan fingerprint density at radius 2 is 2.13 bits per heavy atom. The summed E-state index contributed by atoms with van der Waals surface area (Å²) >= 11 is 0. The van der Waals surface area contributed by atoms with Crippen LogP contribution in [0.15, 0.2) is 30.6 Å². The number of amides is 1. The Morgan fingerprint density at radius 1 is 1.35 bits per heavy atom. The van der Waals surface area contributed by atoms with Gasteiger partial charge in [0.25, 0.3) is 5.91 Å². The van der Waals surface area contributed by atoms with Crippen LogP contribution in [0.2, 0.25) is 0 Å². The number of carbonyl (C=O) groups excluding carboxylic acids is 1. The van der Waals surface area contributed by atoms with E-state index in [0.717, 1.165) is 31.1 Å². The Hall–Kier alpha value is -3.33. The first-order chi connectivity index (χ1) is 14.8. The van der Waals surface area contributed by atoms with Crippen molar-refractivity contribution in [3.8, 4) is 11.4 Å². The highest BCUT2D eigenvalue weighted by molar-refractivity contribution is 6.05. The second-order valence-electron chi connectivity index (χ2n) is 8.64. The summed E-state index contributed by atoms with van der Waals surface area (Å²) in [7, 11) is 1.75. The number of carbonyl (C=O) groups is 1. The van der Waals surface area contributed by atoms with Gasteiger partial charge in [-0.1, -0.05) is 0 Å². The molecule has 0 spiro atoms. The largest absolute Gasteiger partial charge is 0.347 e. The number of hydrogen-bond donors (Lipinski definition) is 3. The number of aryl methyl sites for hydroxylation is 1. The van der Waals surface area contributed by atoms with Gasteiger partial charge >= 0.3 is 0 Å². The predicted octanol–water partition coefficient (Wildman–Crippen LogP) is 3.04. The first-order valence-electron chi connectivity index (χ1n) is 10.4. The van der Waals surface area contributed by atoms with Crippen LogP contribution in [0.4, 0.5) is 4.39 Å². The van der Waals surface area contributed by atoms with Crippen molar-refractivity contribution in [2.24, 2.45) is 12.8 Å². The zero-order valence-electron chi connectivity index (χ0n) is 17.4. The van der Waals surface area contributed by atoms with E-state index in [0.29, 0.717) is 33.6 Å². The number of fused-ring (bicyclic) bond motifs is 2. The van der Waals surface area contributed by atoms with Gasteiger partial charge in [0, 0.05) is 30.2 Å². The lowest BCUT2D eigenvalue weighted by atomic mass is 9.81. The number of aromatic nitrogens is 5. The molecule has 0 radical (unpaired) electrons. The predicted molar refractivity (Wildman–Crippen MR) is 116 cm³/mol. The van der Waals surface area contributed by atoms with Crippen LogP contribution in [-0.4, -0.2) is 42.2 Å². The summed E-state index contributed by atoms with van der Waals surface area (Å²) in [6.45, 7) is 2.06. The minimum atomic E-state index is -0.328. The maximum Gasteiger partial charge on any atom is 0.255 e. The number of aromatic amines is 1. The van der Waals surface area contributed by atoms with Gasteiger partial charge in [-0.2, -0.15) is 5.10 Å². The fourth-order valence-electron chi connectivity index (χ4n) is 4.34. The zero-order valence-corrected chi connectivity index (χ0v) is 17.4. The molecule has 9 heteroatoms. The highest BCUT2D eigenvalue weighted by Crippen LogP contribution is 2.30. The van der Waals surface area contributed by atoms with E-state index < -0.39 is 0 Å². The fraction of sp³-hybridized carbons (Fsp3) is 0.364. The van der Waals surface area contributed by atoms with Gasteiger partial charge in [0.2, 0.25) is 0 Å². The van der Waals surface area contributed by atoms with Gasteiger partial charge in [0.1, 0.15) is 22.7 Å². The molecule has 3 heterocycles. The summed E-state index contributed by atoms with van der Waals surface area (Å²) < 4.78 is 15.3. The molecule has 0 unspecified atom stereocenters. The normalized spacial score (nSPS) is 21.6. The number of H-pyrrole nitrogens is 1. The van der Waals surface area contributed by atoms with E-state index in [4.69, 9.17) is 10.7 Å². The third kappa shape index (κ3) is 3.44. The minimum absolute atomic E-state index is 0.191. The fourth-order valence-corrected chi connectivity index (χ4v) is 4.34. The van der Waals surface area contributed by atoms with Crippen molar-refractivity contribution in [3.63, 3.8) is 0 Å². The first-order valence-corrected chi connectivity index (χ1v) is 10.4. The van der Waals surface area contributed by atoms with Gasteiger partial charge in [-0.15, -0.1) is 0 Å². The number of benzene rings is 1. The van der Waals surface area contributed by atoms with Gasteiger partial charge in [-0.3, -0.25) is 9.48 Å². The molecule has 1 saturated carbocycles. The van der Waals surface area contributed by atoms with Crippen molar-refractivity contribution in [1.29, 1.82) is 0 Å². The van der Waals surface area contributed by atoms with E-state index in [-0.39, 0.29) is 23.3 Å². The van der Waals surface area contributed by atoms with E-state index in [2.05, 4.69) is 27.3 Å². The van der Waals surface area contributed by atoms with Crippen LogP contribution in [-0.2, 0) is 7.05 Å². The molecule has 0 bridgehead atoms. The summed E-state index contributed by atoms with van der Waals surface area (Å²) in [5, 5.41) is 8.44. The molecule has 0 atom stereocenters. The summed E-state index contributed by atoms with van der Waals surface area (Å²) in [6, 6.07) is 4.71. The van der Waals surface area contributed by atoms with E-state index >= 15 is 0 Å². The van der Waals surface area contributed by atoms with Crippen molar-refractivity contribution in [2.45, 2.75) is 44.2 Å². The van der Waals surface area contributed by atoms with E-state index in [1.165, 1.54) is 12.1 Å². The lowest BCUT2D eigenvalue weighted by molar-refractivity contribution is 0.0879. The van der Waals surface area contributed by atoms with Crippen LogP contribution in [0.3, 0.4) is 0 Å². The number of nitrogens with two attached hydrogens (primary N) is 1. The van der Waals surface area contributed by atoms with Crippen molar-refractivity contribution in [3.05, 3.63) is 42.0 Å². The molecular formula is C22H24FN7O. The van der Waals surface area contributed by atoms with Crippen LogP contribution in [0.25, 0.3) is 33.5 Å². The van der Waals surface area contributed by atoms with Crippen LogP contribution in [0, 0.1) is 5.82 Å². The Morgan fingerprint density at radius 3 is 2.90 bits per heavy atom. The van der Waals surface area contributed by atoms with Gasteiger partial charge in [-0.25, -0.2) is 14.4 Å². The van der Waals surface area contributed by atoms with Crippen molar-refractivity contribution in [1.82, 2.24) is 30.0 Å². The maximum atomic E-state index is 13.7. The number of hydrogen-bond acceptors (Lipinski definition) is 5. The molecule has 4 N–H and O–H groups in total. The smallest absolute Gasteiger partial charge is 0.255 e. The topological polar surface area (TPSA) is 115 Å². The molecule has 1 aliphatic rings. The Balaban J connectivity index is 1.51. The van der Waals surface area contributed by atoms with Crippen molar-refractivity contribution >= 4 is 28.0 Å². The first kappa shape index (κ1) is 19.6. The molecule has 3 aromatic heterocycles. The van der Waals surface area contributed by atoms with E-state index in [1.54, 1.807) is 30.2 Å². The molecule has 5 rings (SSSR count). The number of halogens is 1. The number of nitrogens with zero attached hydrogens (tertiary/aromatic N) is 4. The Labute approximate surface area is 178 Å². The van der Waals surface area contributed by atoms with Crippen LogP contribution >= 0.6 is 0 Å². The third-order valence-corrected chi connectivity index (χ3v) is 6.23. The summed E-state index contributed by atoms with van der Waals surface area (Å²) in [5.41, 5.74) is 8.93. The maximum absolute atomic E-state index is 13.7. The molecule has 4 aromatic rings. The lowest BCUT2D eigenvalue weighted by Crippen LogP contribution is -2.50. The summed E-state index contributed by atoms with van der Waals surface area (Å²) in [6.07, 6.45) is 6.71. The zero-order chi connectivity index (χ0) is 21.8. The van der Waals surface area contributed by atoms with Crippen LogP contribution in [0.1, 0.15) is 43.0 Å². The second kappa shape index (κ2) is 7.12. The monoisotopic (exact) mass is 421 g/mol. The highest BCUT2D eigenvalue weighted by Gasteiger charge is 2.32. The summed E-state index contributed by atoms with van der Waals surface area (Å²) in [5.74, 6) is -0.519.